The minimum atomic E-state index is -3.82. The molecule has 1 fully saturated rings. The zero-order valence-corrected chi connectivity index (χ0v) is 24.7. The van der Waals surface area contributed by atoms with Crippen molar-refractivity contribution in [2.45, 2.75) is 55.9 Å². The van der Waals surface area contributed by atoms with Crippen LogP contribution in [0.1, 0.15) is 37.3 Å². The molecule has 1 unspecified atom stereocenters. The molecular formula is C29H34N4O5S2. The lowest BCUT2D eigenvalue weighted by molar-refractivity contribution is 0.170. The molecule has 0 radical (unpaired) electrons. The monoisotopic (exact) mass is 582 g/mol. The number of aromatic nitrogens is 3. The lowest BCUT2D eigenvalue weighted by Crippen LogP contribution is -2.42. The highest BCUT2D eigenvalue weighted by Crippen LogP contribution is 2.36. The highest BCUT2D eigenvalue weighted by molar-refractivity contribution is 7.90. The van der Waals surface area contributed by atoms with Gasteiger partial charge in [-0.3, -0.25) is 4.18 Å². The number of anilines is 1. The topological polar surface area (TPSA) is 111 Å². The molecule has 40 heavy (non-hydrogen) atoms. The number of aryl methyl sites for hydroxylation is 2. The van der Waals surface area contributed by atoms with E-state index in [1.54, 1.807) is 54.6 Å². The van der Waals surface area contributed by atoms with Gasteiger partial charge in [0.05, 0.1) is 21.8 Å². The van der Waals surface area contributed by atoms with E-state index in [2.05, 4.69) is 21.8 Å². The molecule has 1 aliphatic rings. The van der Waals surface area contributed by atoms with Crippen molar-refractivity contribution in [3.05, 3.63) is 78.2 Å². The SMILES string of the molecule is Cc1ccc(S(=O)(=O)OC[C@@H]2CCC(N(C)c3ncnc4c3ccn4S(=O)(=O)c3ccc(C)cc3)[C@@H](C)C2)cc1. The summed E-state index contributed by atoms with van der Waals surface area (Å²) in [6.07, 6.45) is 5.35. The van der Waals surface area contributed by atoms with Gasteiger partial charge >= 0.3 is 0 Å². The molecule has 0 bridgehead atoms. The van der Waals surface area contributed by atoms with E-state index < -0.39 is 20.1 Å². The third-order valence-corrected chi connectivity index (χ3v) is 10.8. The Morgan fingerprint density at radius 2 is 1.52 bits per heavy atom. The average Bonchev–Trinajstić information content (AvgIpc) is 3.38. The summed E-state index contributed by atoms with van der Waals surface area (Å²) in [5.74, 6) is 1.01. The van der Waals surface area contributed by atoms with Crippen molar-refractivity contribution < 1.29 is 21.0 Å². The fraction of sp³-hybridized carbons (Fsp3) is 0.379. The Kier molecular flexibility index (Phi) is 7.73. The maximum absolute atomic E-state index is 13.4. The van der Waals surface area contributed by atoms with Crippen molar-refractivity contribution in [1.82, 2.24) is 13.9 Å². The van der Waals surface area contributed by atoms with Gasteiger partial charge in [-0.2, -0.15) is 8.42 Å². The largest absolute Gasteiger partial charge is 0.356 e. The molecule has 0 N–H and O–H groups in total. The van der Waals surface area contributed by atoms with Crippen LogP contribution in [0.5, 0.6) is 0 Å². The molecular weight excluding hydrogens is 548 g/mol. The lowest BCUT2D eigenvalue weighted by Gasteiger charge is -2.40. The Bertz CT molecular complexity index is 1720. The average molecular weight is 583 g/mol. The van der Waals surface area contributed by atoms with E-state index in [0.717, 1.165) is 30.4 Å². The van der Waals surface area contributed by atoms with Crippen molar-refractivity contribution in [1.29, 1.82) is 0 Å². The third-order valence-electron chi connectivity index (χ3n) is 7.84. The molecule has 2 aromatic carbocycles. The minimum Gasteiger partial charge on any atom is -0.356 e. The summed E-state index contributed by atoms with van der Waals surface area (Å²) in [6, 6.07) is 15.3. The highest BCUT2D eigenvalue weighted by atomic mass is 32.2. The zero-order valence-electron chi connectivity index (χ0n) is 23.1. The molecule has 212 valence electrons. The summed E-state index contributed by atoms with van der Waals surface area (Å²) in [6.45, 7) is 6.11. The molecule has 11 heteroatoms. The van der Waals surface area contributed by atoms with Crippen LogP contribution in [0.4, 0.5) is 5.82 Å². The second kappa shape index (κ2) is 10.9. The third kappa shape index (κ3) is 5.50. The first-order valence-corrected chi connectivity index (χ1v) is 16.2. The van der Waals surface area contributed by atoms with E-state index in [0.29, 0.717) is 16.9 Å². The molecule has 0 saturated heterocycles. The fourth-order valence-corrected chi connectivity index (χ4v) is 7.83. The molecule has 9 nitrogen and oxygen atoms in total. The van der Waals surface area contributed by atoms with Gasteiger partial charge < -0.3 is 4.90 Å². The van der Waals surface area contributed by atoms with Gasteiger partial charge in [-0.25, -0.2) is 22.4 Å². The molecule has 2 aromatic heterocycles. The van der Waals surface area contributed by atoms with Gasteiger partial charge in [-0.1, -0.05) is 42.3 Å². The van der Waals surface area contributed by atoms with Crippen LogP contribution in [-0.4, -0.2) is 50.5 Å². The fourth-order valence-electron chi connectivity index (χ4n) is 5.55. The normalized spacial score (nSPS) is 20.1. The minimum absolute atomic E-state index is 0.117. The van der Waals surface area contributed by atoms with E-state index in [1.807, 2.05) is 20.9 Å². The van der Waals surface area contributed by atoms with Crippen molar-refractivity contribution in [2.24, 2.45) is 11.8 Å². The molecule has 3 atom stereocenters. The number of hydrogen-bond donors (Lipinski definition) is 0. The van der Waals surface area contributed by atoms with Gasteiger partial charge in [0.25, 0.3) is 20.1 Å². The summed E-state index contributed by atoms with van der Waals surface area (Å²) in [7, 11) is -5.66. The Morgan fingerprint density at radius 3 is 2.15 bits per heavy atom. The predicted molar refractivity (Wildman–Crippen MR) is 154 cm³/mol. The van der Waals surface area contributed by atoms with E-state index in [9.17, 15) is 16.8 Å². The first-order chi connectivity index (χ1) is 19.0. The van der Waals surface area contributed by atoms with Gasteiger partial charge in [0.1, 0.15) is 12.1 Å². The molecule has 2 heterocycles. The van der Waals surface area contributed by atoms with Crippen LogP contribution < -0.4 is 4.90 Å². The van der Waals surface area contributed by atoms with Crippen molar-refractivity contribution in [3.63, 3.8) is 0 Å². The summed E-state index contributed by atoms with van der Waals surface area (Å²) >= 11 is 0. The van der Waals surface area contributed by atoms with Crippen LogP contribution in [0.2, 0.25) is 0 Å². The number of rotatable bonds is 8. The van der Waals surface area contributed by atoms with E-state index in [4.69, 9.17) is 4.18 Å². The summed E-state index contributed by atoms with van der Waals surface area (Å²) in [5, 5.41) is 0.655. The Labute approximate surface area is 236 Å². The van der Waals surface area contributed by atoms with Gasteiger partial charge in [-0.15, -0.1) is 0 Å². The maximum Gasteiger partial charge on any atom is 0.296 e. The second-order valence-electron chi connectivity index (χ2n) is 10.8. The van der Waals surface area contributed by atoms with Crippen LogP contribution in [0.15, 0.2) is 76.9 Å². The Hall–Kier alpha value is -3.28. The van der Waals surface area contributed by atoms with E-state index in [-0.39, 0.29) is 34.3 Å². The van der Waals surface area contributed by atoms with E-state index >= 15 is 0 Å². The van der Waals surface area contributed by atoms with E-state index in [1.165, 1.54) is 16.5 Å². The molecule has 0 spiro atoms. The molecule has 5 rings (SSSR count). The maximum atomic E-state index is 13.4. The molecule has 4 aromatic rings. The smallest absolute Gasteiger partial charge is 0.296 e. The van der Waals surface area contributed by atoms with Crippen molar-refractivity contribution in [2.75, 3.05) is 18.6 Å². The first-order valence-electron chi connectivity index (χ1n) is 13.3. The summed E-state index contributed by atoms with van der Waals surface area (Å²) in [4.78, 5) is 11.3. The summed E-state index contributed by atoms with van der Waals surface area (Å²) in [5.41, 5.74) is 2.29. The van der Waals surface area contributed by atoms with Crippen LogP contribution in [0, 0.1) is 25.7 Å². The molecule has 1 saturated carbocycles. The lowest BCUT2D eigenvalue weighted by atomic mass is 9.78. The van der Waals surface area contributed by atoms with Gasteiger partial charge in [-0.05, 0) is 75.3 Å². The van der Waals surface area contributed by atoms with Gasteiger partial charge in [0.15, 0.2) is 5.65 Å². The standard InChI is InChI=1S/C29H34N4O5S2/c1-20-5-10-24(11-6-20)39(34,35)33-16-15-26-28(30-19-31-29(26)33)32(4)27-14-9-23(17-22(27)3)18-38-40(36,37)25-12-7-21(2)8-13-25/h5-8,10-13,15-16,19,22-23,27H,9,14,17-18H2,1-4H3/t22-,23+,27?/m0/s1. The first kappa shape index (κ1) is 28.3. The highest BCUT2D eigenvalue weighted by Gasteiger charge is 2.33. The van der Waals surface area contributed by atoms with Crippen molar-refractivity contribution in [3.8, 4) is 0 Å². The summed E-state index contributed by atoms with van der Waals surface area (Å²) < 4.78 is 58.6. The number of benzene rings is 2. The Morgan fingerprint density at radius 1 is 0.900 bits per heavy atom. The molecule has 1 aliphatic carbocycles. The Balaban J connectivity index is 1.30. The second-order valence-corrected chi connectivity index (χ2v) is 14.2. The van der Waals surface area contributed by atoms with Crippen LogP contribution in [-0.2, 0) is 24.3 Å². The quantitative estimate of drug-likeness (QED) is 0.269. The molecule has 0 amide bonds. The van der Waals surface area contributed by atoms with Crippen LogP contribution in [0.25, 0.3) is 11.0 Å². The number of fused-ring (bicyclic) bond motifs is 1. The number of hydrogen-bond acceptors (Lipinski definition) is 8. The van der Waals surface area contributed by atoms with Crippen LogP contribution >= 0.6 is 0 Å². The molecule has 0 aliphatic heterocycles. The van der Waals surface area contributed by atoms with Crippen LogP contribution in [0.3, 0.4) is 0 Å². The zero-order chi connectivity index (χ0) is 28.7. The van der Waals surface area contributed by atoms with Gasteiger partial charge in [0.2, 0.25) is 0 Å². The predicted octanol–water partition coefficient (Wildman–Crippen LogP) is 4.93. The van der Waals surface area contributed by atoms with Gasteiger partial charge in [0, 0.05) is 19.3 Å². The number of nitrogens with zero attached hydrogens (tertiary/aromatic N) is 4. The van der Waals surface area contributed by atoms with Crippen molar-refractivity contribution >= 4 is 37.0 Å².